The molecule has 5 heteroatoms. The third-order valence-corrected chi connectivity index (χ3v) is 5.47. The first-order valence-electron chi connectivity index (χ1n) is 11.3. The molecule has 0 saturated heterocycles. The summed E-state index contributed by atoms with van der Waals surface area (Å²) in [5.41, 5.74) is 4.98. The molecular weight excluding hydrogens is 400 g/mol. The predicted molar refractivity (Wildman–Crippen MR) is 130 cm³/mol. The number of ether oxygens (including phenoxy) is 1. The fraction of sp³-hybridized carbons (Fsp3) is 0.481. The monoisotopic (exact) mass is 438 g/mol. The molecule has 2 amide bonds. The summed E-state index contributed by atoms with van der Waals surface area (Å²) < 4.78 is 5.95. The van der Waals surface area contributed by atoms with Gasteiger partial charge in [-0.15, -0.1) is 0 Å². The van der Waals surface area contributed by atoms with Gasteiger partial charge in [-0.05, 0) is 83.2 Å². The summed E-state index contributed by atoms with van der Waals surface area (Å²) in [6.07, 6.45) is 0.516. The molecule has 0 aliphatic heterocycles. The Hall–Kier alpha value is -2.82. The molecule has 2 rings (SSSR count). The Morgan fingerprint density at radius 1 is 1.00 bits per heavy atom. The lowest BCUT2D eigenvalue weighted by Crippen LogP contribution is -2.54. The number of nitrogens with one attached hydrogen (secondary N) is 1. The van der Waals surface area contributed by atoms with Gasteiger partial charge in [-0.3, -0.25) is 9.59 Å². The fourth-order valence-electron chi connectivity index (χ4n) is 3.64. The van der Waals surface area contributed by atoms with Crippen LogP contribution in [0.25, 0.3) is 0 Å². The van der Waals surface area contributed by atoms with E-state index >= 15 is 0 Å². The van der Waals surface area contributed by atoms with Crippen molar-refractivity contribution >= 4 is 11.8 Å². The lowest BCUT2D eigenvalue weighted by Gasteiger charge is -2.33. The molecule has 174 valence electrons. The highest BCUT2D eigenvalue weighted by Gasteiger charge is 2.31. The molecule has 0 bridgehead atoms. The average molecular weight is 439 g/mol. The van der Waals surface area contributed by atoms with Crippen LogP contribution in [0, 0.1) is 27.7 Å². The quantitative estimate of drug-likeness (QED) is 0.629. The molecule has 0 spiro atoms. The molecule has 1 N–H and O–H groups in total. The summed E-state index contributed by atoms with van der Waals surface area (Å²) in [5.74, 6) is 0.349. The molecule has 0 unspecified atom stereocenters. The molecule has 0 radical (unpaired) electrons. The van der Waals surface area contributed by atoms with Crippen LogP contribution in [0.4, 0.5) is 0 Å². The minimum Gasteiger partial charge on any atom is -0.483 e. The molecule has 32 heavy (non-hydrogen) atoms. The van der Waals surface area contributed by atoms with Crippen LogP contribution in [0.3, 0.4) is 0 Å². The van der Waals surface area contributed by atoms with Gasteiger partial charge in [0.05, 0.1) is 0 Å². The zero-order valence-electron chi connectivity index (χ0n) is 20.8. The van der Waals surface area contributed by atoms with Crippen LogP contribution in [-0.4, -0.2) is 34.9 Å². The molecule has 0 heterocycles. The van der Waals surface area contributed by atoms with E-state index < -0.39 is 6.04 Å². The van der Waals surface area contributed by atoms with Gasteiger partial charge in [-0.1, -0.05) is 42.8 Å². The van der Waals surface area contributed by atoms with Crippen molar-refractivity contribution in [2.75, 3.05) is 6.61 Å². The normalized spacial score (nSPS) is 12.2. The van der Waals surface area contributed by atoms with Gasteiger partial charge in [0.2, 0.25) is 5.91 Å². The number of carbonyl (C=O) groups excluding carboxylic acids is 2. The number of amides is 2. The maximum atomic E-state index is 13.4. The van der Waals surface area contributed by atoms with E-state index in [0.717, 1.165) is 27.8 Å². The van der Waals surface area contributed by atoms with Crippen molar-refractivity contribution in [3.05, 3.63) is 64.2 Å². The molecule has 0 aliphatic rings. The first-order valence-corrected chi connectivity index (χ1v) is 11.3. The van der Waals surface area contributed by atoms with Crippen LogP contribution in [-0.2, 0) is 16.1 Å². The molecule has 0 fully saturated rings. The molecule has 0 saturated carbocycles. The number of carbonyl (C=O) groups is 2. The van der Waals surface area contributed by atoms with E-state index in [2.05, 4.69) is 11.4 Å². The first-order chi connectivity index (χ1) is 14.9. The maximum Gasteiger partial charge on any atom is 0.261 e. The number of hydrogen-bond acceptors (Lipinski definition) is 3. The van der Waals surface area contributed by atoms with Crippen molar-refractivity contribution in [3.8, 4) is 5.75 Å². The van der Waals surface area contributed by atoms with E-state index in [1.165, 1.54) is 0 Å². The summed E-state index contributed by atoms with van der Waals surface area (Å²) in [6.45, 7) is 16.0. The van der Waals surface area contributed by atoms with Crippen LogP contribution < -0.4 is 10.1 Å². The zero-order valence-corrected chi connectivity index (χ0v) is 20.8. The standard InChI is InChI=1S/C27H38N2O3/c1-9-23(26(31)28-27(6,7)8)29(16-22-12-10-18(2)11-13-22)25(30)17-32-24-15-19(3)14-20(4)21(24)5/h10-15,23H,9,16-17H2,1-8H3,(H,28,31)/t23-/m1/s1. The number of benzene rings is 2. The minimum atomic E-state index is -0.577. The topological polar surface area (TPSA) is 58.6 Å². The van der Waals surface area contributed by atoms with Gasteiger partial charge in [0.25, 0.3) is 5.91 Å². The van der Waals surface area contributed by atoms with E-state index in [4.69, 9.17) is 4.74 Å². The van der Waals surface area contributed by atoms with E-state index in [0.29, 0.717) is 18.7 Å². The van der Waals surface area contributed by atoms with Crippen LogP contribution in [0.15, 0.2) is 36.4 Å². The van der Waals surface area contributed by atoms with Crippen molar-refractivity contribution in [2.45, 2.75) is 79.9 Å². The second kappa shape index (κ2) is 10.7. The summed E-state index contributed by atoms with van der Waals surface area (Å²) in [5, 5.41) is 3.02. The van der Waals surface area contributed by atoms with Gasteiger partial charge in [-0.2, -0.15) is 0 Å². The Labute approximate surface area is 193 Å². The van der Waals surface area contributed by atoms with Crippen molar-refractivity contribution in [2.24, 2.45) is 0 Å². The molecular formula is C27H38N2O3. The summed E-state index contributed by atoms with van der Waals surface area (Å²) in [7, 11) is 0. The Morgan fingerprint density at radius 3 is 2.19 bits per heavy atom. The summed E-state index contributed by atoms with van der Waals surface area (Å²) in [6, 6.07) is 11.5. The van der Waals surface area contributed by atoms with Crippen molar-refractivity contribution in [1.82, 2.24) is 10.2 Å². The Kier molecular flexibility index (Phi) is 8.48. The van der Waals surface area contributed by atoms with E-state index in [9.17, 15) is 9.59 Å². The fourth-order valence-corrected chi connectivity index (χ4v) is 3.64. The van der Waals surface area contributed by atoms with E-state index in [-0.39, 0.29) is 24.0 Å². The minimum absolute atomic E-state index is 0.116. The molecule has 2 aromatic carbocycles. The lowest BCUT2D eigenvalue weighted by molar-refractivity contribution is -0.143. The smallest absolute Gasteiger partial charge is 0.261 e. The highest BCUT2D eigenvalue weighted by Crippen LogP contribution is 2.24. The molecule has 2 aromatic rings. The van der Waals surface area contributed by atoms with Gasteiger partial charge in [0.1, 0.15) is 11.8 Å². The second-order valence-corrected chi connectivity index (χ2v) is 9.66. The predicted octanol–water partition coefficient (Wildman–Crippen LogP) is 5.02. The van der Waals surface area contributed by atoms with Crippen molar-refractivity contribution < 1.29 is 14.3 Å². The van der Waals surface area contributed by atoms with Crippen LogP contribution in [0.1, 0.15) is 61.9 Å². The molecule has 0 aliphatic carbocycles. The first kappa shape index (κ1) is 25.4. The second-order valence-electron chi connectivity index (χ2n) is 9.66. The third kappa shape index (κ3) is 7.11. The highest BCUT2D eigenvalue weighted by atomic mass is 16.5. The molecule has 1 atom stereocenters. The number of rotatable bonds is 8. The van der Waals surface area contributed by atoms with E-state index in [1.54, 1.807) is 4.90 Å². The highest BCUT2D eigenvalue weighted by molar-refractivity contribution is 5.88. The number of hydrogen-bond donors (Lipinski definition) is 1. The van der Waals surface area contributed by atoms with Gasteiger partial charge in [0, 0.05) is 12.1 Å². The lowest BCUT2D eigenvalue weighted by atomic mass is 10.1. The SMILES string of the molecule is CC[C@H](C(=O)NC(C)(C)C)N(Cc1ccc(C)cc1)C(=O)COc1cc(C)cc(C)c1C. The van der Waals surface area contributed by atoms with Crippen LogP contribution in [0.5, 0.6) is 5.75 Å². The molecule has 5 nitrogen and oxygen atoms in total. The largest absolute Gasteiger partial charge is 0.483 e. The van der Waals surface area contributed by atoms with Crippen molar-refractivity contribution in [1.29, 1.82) is 0 Å². The third-order valence-electron chi connectivity index (χ3n) is 5.47. The zero-order chi connectivity index (χ0) is 24.1. The van der Waals surface area contributed by atoms with Gasteiger partial charge in [0.15, 0.2) is 6.61 Å². The number of aryl methyl sites for hydroxylation is 3. The Bertz CT molecular complexity index is 943. The summed E-state index contributed by atoms with van der Waals surface area (Å²) >= 11 is 0. The van der Waals surface area contributed by atoms with Crippen molar-refractivity contribution in [3.63, 3.8) is 0 Å². The van der Waals surface area contributed by atoms with E-state index in [1.807, 2.05) is 85.7 Å². The van der Waals surface area contributed by atoms with Gasteiger partial charge >= 0.3 is 0 Å². The maximum absolute atomic E-state index is 13.4. The average Bonchev–Trinajstić information content (AvgIpc) is 2.69. The van der Waals surface area contributed by atoms with Crippen LogP contribution >= 0.6 is 0 Å². The Balaban J connectivity index is 2.28. The molecule has 0 aromatic heterocycles. The van der Waals surface area contributed by atoms with Crippen LogP contribution in [0.2, 0.25) is 0 Å². The number of nitrogens with zero attached hydrogens (tertiary/aromatic N) is 1. The van der Waals surface area contributed by atoms with Gasteiger partial charge in [-0.25, -0.2) is 0 Å². The van der Waals surface area contributed by atoms with Gasteiger partial charge < -0.3 is 15.0 Å². The summed E-state index contributed by atoms with van der Waals surface area (Å²) in [4.78, 5) is 28.1. The Morgan fingerprint density at radius 2 is 1.62 bits per heavy atom.